The van der Waals surface area contributed by atoms with E-state index in [1.807, 2.05) is 12.1 Å². The minimum absolute atomic E-state index is 0.101. The van der Waals surface area contributed by atoms with E-state index < -0.39 is 28.3 Å². The van der Waals surface area contributed by atoms with Gasteiger partial charge in [-0.25, -0.2) is 17.5 Å². The largest absolute Gasteiger partial charge is 0.325 e. The average Bonchev–Trinajstić information content (AvgIpc) is 2.48. The van der Waals surface area contributed by atoms with E-state index in [9.17, 15) is 17.6 Å². The highest BCUT2D eigenvalue weighted by atomic mass is 127. The molecule has 0 bridgehead atoms. The molecule has 116 valence electrons. The van der Waals surface area contributed by atoms with Gasteiger partial charge in [0.25, 0.3) is 0 Å². The maximum atomic E-state index is 12.8. The molecule has 2 aromatic rings. The first kappa shape index (κ1) is 16.8. The summed E-state index contributed by atoms with van der Waals surface area (Å²) >= 11 is 2.13. The third kappa shape index (κ3) is 4.75. The quantitative estimate of drug-likeness (QED) is 0.710. The molecule has 0 aliphatic rings. The van der Waals surface area contributed by atoms with E-state index in [0.717, 1.165) is 27.8 Å². The number of halogens is 2. The monoisotopic (exact) mass is 434 g/mol. The minimum atomic E-state index is -3.85. The normalized spacial score (nSPS) is 11.2. The second-order valence-corrected chi connectivity index (χ2v) is 7.35. The molecule has 0 spiro atoms. The van der Waals surface area contributed by atoms with E-state index in [2.05, 4.69) is 32.6 Å². The number of rotatable bonds is 5. The van der Waals surface area contributed by atoms with Gasteiger partial charge in [-0.15, -0.1) is 0 Å². The van der Waals surface area contributed by atoms with Crippen molar-refractivity contribution in [1.82, 2.24) is 4.72 Å². The fourth-order valence-electron chi connectivity index (χ4n) is 1.60. The van der Waals surface area contributed by atoms with E-state index in [1.165, 1.54) is 0 Å². The fourth-order valence-corrected chi connectivity index (χ4v) is 2.94. The van der Waals surface area contributed by atoms with Crippen molar-refractivity contribution < 1.29 is 17.6 Å². The fraction of sp³-hybridized carbons (Fsp3) is 0.0714. The van der Waals surface area contributed by atoms with Gasteiger partial charge >= 0.3 is 0 Å². The van der Waals surface area contributed by atoms with Crippen molar-refractivity contribution >= 4 is 44.2 Å². The van der Waals surface area contributed by atoms with Gasteiger partial charge < -0.3 is 5.32 Å². The molecule has 0 aliphatic carbocycles. The molecule has 2 rings (SSSR count). The summed E-state index contributed by atoms with van der Waals surface area (Å²) in [6, 6.07) is 11.4. The number of carbonyl (C=O) groups is 1. The molecule has 22 heavy (non-hydrogen) atoms. The molecule has 0 saturated carbocycles. The summed E-state index contributed by atoms with van der Waals surface area (Å²) in [6.45, 7) is -0.411. The lowest BCUT2D eigenvalue weighted by Gasteiger charge is -2.08. The molecule has 8 heteroatoms. The maximum Gasteiger partial charge on any atom is 0.241 e. The maximum absolute atomic E-state index is 12.8. The van der Waals surface area contributed by atoms with Crippen LogP contribution in [0.1, 0.15) is 0 Å². The second kappa shape index (κ2) is 7.16. The predicted molar refractivity (Wildman–Crippen MR) is 89.4 cm³/mol. The Morgan fingerprint density at radius 1 is 1.05 bits per heavy atom. The zero-order valence-corrected chi connectivity index (χ0v) is 14.2. The second-order valence-electron chi connectivity index (χ2n) is 4.33. The van der Waals surface area contributed by atoms with Crippen LogP contribution in [0.5, 0.6) is 0 Å². The highest BCUT2D eigenvalue weighted by Gasteiger charge is 2.15. The van der Waals surface area contributed by atoms with Crippen LogP contribution in [0.15, 0.2) is 53.4 Å². The van der Waals surface area contributed by atoms with Gasteiger partial charge in [-0.1, -0.05) is 0 Å². The Hall–Kier alpha value is -1.52. The van der Waals surface area contributed by atoms with E-state index >= 15 is 0 Å². The standard InChI is InChI=1S/C14H12FIN2O3S/c15-10-1-7-13(8-2-10)22(20,21)17-9-14(19)18-12-5-3-11(16)4-6-12/h1-8,17H,9H2,(H,18,19). The van der Waals surface area contributed by atoms with Crippen molar-refractivity contribution in [2.75, 3.05) is 11.9 Å². The Morgan fingerprint density at radius 3 is 2.23 bits per heavy atom. The Labute approximate surface area is 141 Å². The van der Waals surface area contributed by atoms with Crippen molar-refractivity contribution in [3.8, 4) is 0 Å². The summed E-state index contributed by atoms with van der Waals surface area (Å²) < 4.78 is 39.8. The summed E-state index contributed by atoms with van der Waals surface area (Å²) in [6.07, 6.45) is 0. The highest BCUT2D eigenvalue weighted by molar-refractivity contribution is 14.1. The molecule has 0 unspecified atom stereocenters. The molecular weight excluding hydrogens is 422 g/mol. The number of sulfonamides is 1. The van der Waals surface area contributed by atoms with Gasteiger partial charge in [0.2, 0.25) is 15.9 Å². The van der Waals surface area contributed by atoms with Crippen LogP contribution in [0.2, 0.25) is 0 Å². The van der Waals surface area contributed by atoms with Crippen LogP contribution in [0.25, 0.3) is 0 Å². The first-order chi connectivity index (χ1) is 10.4. The van der Waals surface area contributed by atoms with Crippen molar-refractivity contribution in [3.63, 3.8) is 0 Å². The number of benzene rings is 2. The summed E-state index contributed by atoms with van der Waals surface area (Å²) in [4.78, 5) is 11.6. The minimum Gasteiger partial charge on any atom is -0.325 e. The molecule has 0 fully saturated rings. The van der Waals surface area contributed by atoms with Gasteiger partial charge in [0.15, 0.2) is 0 Å². The Morgan fingerprint density at radius 2 is 1.64 bits per heavy atom. The third-order valence-electron chi connectivity index (χ3n) is 2.67. The van der Waals surface area contributed by atoms with Crippen molar-refractivity contribution in [1.29, 1.82) is 0 Å². The van der Waals surface area contributed by atoms with Gasteiger partial charge in [0.1, 0.15) is 5.82 Å². The van der Waals surface area contributed by atoms with Gasteiger partial charge in [-0.05, 0) is 71.1 Å². The summed E-state index contributed by atoms with van der Waals surface area (Å²) in [5.74, 6) is -1.03. The molecule has 0 aromatic heterocycles. The van der Waals surface area contributed by atoms with Gasteiger partial charge in [0.05, 0.1) is 11.4 Å². The number of anilines is 1. The Kier molecular flexibility index (Phi) is 5.48. The molecule has 2 aromatic carbocycles. The molecule has 2 N–H and O–H groups in total. The van der Waals surface area contributed by atoms with Crippen molar-refractivity contribution in [2.24, 2.45) is 0 Å². The zero-order valence-electron chi connectivity index (χ0n) is 11.2. The Bertz CT molecular complexity index is 762. The van der Waals surface area contributed by atoms with Gasteiger partial charge in [0, 0.05) is 9.26 Å². The summed E-state index contributed by atoms with van der Waals surface area (Å²) in [5.41, 5.74) is 0.575. The first-order valence-electron chi connectivity index (χ1n) is 6.17. The van der Waals surface area contributed by atoms with E-state index in [4.69, 9.17) is 0 Å². The number of hydrogen-bond donors (Lipinski definition) is 2. The van der Waals surface area contributed by atoms with Crippen LogP contribution in [0.4, 0.5) is 10.1 Å². The molecule has 1 amide bonds. The van der Waals surface area contributed by atoms with E-state index in [0.29, 0.717) is 5.69 Å². The lowest BCUT2D eigenvalue weighted by Crippen LogP contribution is -2.32. The highest BCUT2D eigenvalue weighted by Crippen LogP contribution is 2.11. The van der Waals surface area contributed by atoms with Gasteiger partial charge in [-0.3, -0.25) is 4.79 Å². The van der Waals surface area contributed by atoms with Crippen LogP contribution in [-0.2, 0) is 14.8 Å². The smallest absolute Gasteiger partial charge is 0.241 e. The SMILES string of the molecule is O=C(CNS(=O)(=O)c1ccc(F)cc1)Nc1ccc(I)cc1. The number of hydrogen-bond acceptors (Lipinski definition) is 3. The topological polar surface area (TPSA) is 75.3 Å². The Balaban J connectivity index is 1.95. The van der Waals surface area contributed by atoms with E-state index in [-0.39, 0.29) is 4.90 Å². The van der Waals surface area contributed by atoms with Crippen LogP contribution in [-0.4, -0.2) is 20.9 Å². The molecule has 0 radical (unpaired) electrons. The van der Waals surface area contributed by atoms with Crippen LogP contribution >= 0.6 is 22.6 Å². The van der Waals surface area contributed by atoms with Crippen molar-refractivity contribution in [2.45, 2.75) is 4.90 Å². The third-order valence-corrected chi connectivity index (χ3v) is 4.81. The molecule has 5 nitrogen and oxygen atoms in total. The number of nitrogens with one attached hydrogen (secondary N) is 2. The number of amides is 1. The van der Waals surface area contributed by atoms with Crippen LogP contribution in [0.3, 0.4) is 0 Å². The van der Waals surface area contributed by atoms with Crippen molar-refractivity contribution in [3.05, 3.63) is 57.9 Å². The predicted octanol–water partition coefficient (Wildman–Crippen LogP) is 2.35. The summed E-state index contributed by atoms with van der Waals surface area (Å²) in [5, 5.41) is 2.57. The molecule has 0 aliphatic heterocycles. The van der Waals surface area contributed by atoms with Gasteiger partial charge in [-0.2, -0.15) is 0 Å². The average molecular weight is 434 g/mol. The first-order valence-corrected chi connectivity index (χ1v) is 8.74. The summed E-state index contributed by atoms with van der Waals surface area (Å²) in [7, 11) is -3.85. The molecule has 0 saturated heterocycles. The van der Waals surface area contributed by atoms with Crippen LogP contribution in [0, 0.1) is 9.39 Å². The lowest BCUT2D eigenvalue weighted by molar-refractivity contribution is -0.115. The molecular formula is C14H12FIN2O3S. The van der Waals surface area contributed by atoms with E-state index in [1.54, 1.807) is 12.1 Å². The number of carbonyl (C=O) groups excluding carboxylic acids is 1. The van der Waals surface area contributed by atoms with Crippen LogP contribution < -0.4 is 10.0 Å². The molecule has 0 heterocycles. The lowest BCUT2D eigenvalue weighted by atomic mass is 10.3. The zero-order chi connectivity index (χ0) is 16.2. The molecule has 0 atom stereocenters.